The minimum absolute atomic E-state index is 0.304. The van der Waals surface area contributed by atoms with Crippen molar-refractivity contribution >= 4 is 23.2 Å². The number of aliphatic imine (C=N–C) groups is 1. The van der Waals surface area contributed by atoms with Crippen molar-refractivity contribution in [3.63, 3.8) is 0 Å². The van der Waals surface area contributed by atoms with Gasteiger partial charge in [-0.3, -0.25) is 4.99 Å². The molecule has 0 amide bonds. The largest absolute Gasteiger partial charge is 0.506 e. The van der Waals surface area contributed by atoms with Crippen LogP contribution >= 0.6 is 11.3 Å². The van der Waals surface area contributed by atoms with Gasteiger partial charge >= 0.3 is 0 Å². The molecular weight excluding hydrogens is 170 g/mol. The van der Waals surface area contributed by atoms with Crippen LogP contribution in [0.2, 0.25) is 0 Å². The highest BCUT2D eigenvalue weighted by atomic mass is 32.1. The van der Waals surface area contributed by atoms with E-state index < -0.39 is 0 Å². The molecule has 0 saturated carbocycles. The maximum absolute atomic E-state index is 9.37. The molecule has 1 rings (SSSR count). The van der Waals surface area contributed by atoms with Gasteiger partial charge in [-0.25, -0.2) is 0 Å². The predicted octanol–water partition coefficient (Wildman–Crippen LogP) is 2.91. The minimum Gasteiger partial charge on any atom is -0.506 e. The molecule has 12 heavy (non-hydrogen) atoms. The van der Waals surface area contributed by atoms with Gasteiger partial charge in [-0.05, 0) is 25.3 Å². The van der Waals surface area contributed by atoms with E-state index in [2.05, 4.69) is 4.99 Å². The van der Waals surface area contributed by atoms with Gasteiger partial charge < -0.3 is 5.11 Å². The van der Waals surface area contributed by atoms with Gasteiger partial charge in [0.15, 0.2) is 0 Å². The van der Waals surface area contributed by atoms with E-state index in [4.69, 9.17) is 0 Å². The summed E-state index contributed by atoms with van der Waals surface area (Å²) < 4.78 is 0. The summed E-state index contributed by atoms with van der Waals surface area (Å²) in [6, 6.07) is 1.68. The fourth-order valence-corrected chi connectivity index (χ4v) is 1.71. The van der Waals surface area contributed by atoms with Gasteiger partial charge in [-0.2, -0.15) is 0 Å². The molecule has 0 bridgehead atoms. The highest BCUT2D eigenvalue weighted by Gasteiger charge is 2.05. The molecule has 1 aromatic heterocycles. The Bertz CT molecular complexity index is 312. The van der Waals surface area contributed by atoms with E-state index >= 15 is 0 Å². The third-order valence-corrected chi connectivity index (χ3v) is 2.34. The molecular formula is C9H11NOS. The molecule has 0 fully saturated rings. The van der Waals surface area contributed by atoms with E-state index in [0.717, 1.165) is 10.6 Å². The standard InChI is InChI=1S/C9H11NOS/c1-3-7(10-4-2)9-8(11)5-6-12-9/h3-6,11H,1-2H3/b7-3-,10-4?. The highest BCUT2D eigenvalue weighted by Crippen LogP contribution is 2.30. The van der Waals surface area contributed by atoms with Crippen molar-refractivity contribution in [3.8, 4) is 5.75 Å². The Morgan fingerprint density at radius 2 is 2.33 bits per heavy atom. The lowest BCUT2D eigenvalue weighted by atomic mass is 10.3. The maximum atomic E-state index is 9.37. The van der Waals surface area contributed by atoms with Gasteiger partial charge in [0, 0.05) is 6.21 Å². The topological polar surface area (TPSA) is 32.6 Å². The van der Waals surface area contributed by atoms with E-state index in [1.165, 1.54) is 11.3 Å². The van der Waals surface area contributed by atoms with Crippen molar-refractivity contribution in [2.45, 2.75) is 13.8 Å². The van der Waals surface area contributed by atoms with Crippen molar-refractivity contribution < 1.29 is 5.11 Å². The molecule has 0 aliphatic carbocycles. The number of hydrogen-bond donors (Lipinski definition) is 1. The minimum atomic E-state index is 0.304. The third-order valence-electron chi connectivity index (χ3n) is 1.42. The van der Waals surface area contributed by atoms with Crippen LogP contribution in [0.4, 0.5) is 0 Å². The Labute approximate surface area is 75.9 Å². The molecule has 1 aromatic rings. The van der Waals surface area contributed by atoms with Gasteiger partial charge in [0.25, 0.3) is 0 Å². The normalized spacial score (nSPS) is 12.7. The quantitative estimate of drug-likeness (QED) is 0.699. The van der Waals surface area contributed by atoms with Gasteiger partial charge in [0.2, 0.25) is 0 Å². The fourth-order valence-electron chi connectivity index (χ4n) is 0.898. The van der Waals surface area contributed by atoms with Crippen molar-refractivity contribution in [2.24, 2.45) is 4.99 Å². The number of nitrogens with zero attached hydrogens (tertiary/aromatic N) is 1. The molecule has 0 saturated heterocycles. The first-order valence-electron chi connectivity index (χ1n) is 3.71. The SMILES string of the molecule is CC=N/C(=C\C)c1sccc1O. The van der Waals surface area contributed by atoms with Gasteiger partial charge in [0.05, 0.1) is 10.6 Å². The molecule has 2 nitrogen and oxygen atoms in total. The Hall–Kier alpha value is -1.09. The van der Waals surface area contributed by atoms with Crippen molar-refractivity contribution in [3.05, 3.63) is 22.4 Å². The molecule has 0 atom stereocenters. The van der Waals surface area contributed by atoms with Gasteiger partial charge in [-0.1, -0.05) is 6.08 Å². The molecule has 0 unspecified atom stereocenters. The van der Waals surface area contributed by atoms with Gasteiger partial charge in [-0.15, -0.1) is 11.3 Å². The van der Waals surface area contributed by atoms with E-state index in [9.17, 15) is 5.11 Å². The molecule has 0 aliphatic heterocycles. The molecule has 0 spiro atoms. The summed E-state index contributed by atoms with van der Waals surface area (Å²) in [5, 5.41) is 11.2. The molecule has 3 heteroatoms. The van der Waals surface area contributed by atoms with Crippen LogP contribution in [-0.4, -0.2) is 11.3 Å². The first kappa shape index (κ1) is 9.00. The number of hydrogen-bond acceptors (Lipinski definition) is 3. The number of rotatable bonds is 2. The lowest BCUT2D eigenvalue weighted by Crippen LogP contribution is -1.75. The Balaban J connectivity index is 3.04. The van der Waals surface area contributed by atoms with Crippen molar-refractivity contribution in [1.82, 2.24) is 0 Å². The average Bonchev–Trinajstić information content (AvgIpc) is 2.47. The lowest BCUT2D eigenvalue weighted by molar-refractivity contribution is 0.476. The average molecular weight is 181 g/mol. The summed E-state index contributed by atoms with van der Waals surface area (Å²) in [7, 11) is 0. The van der Waals surface area contributed by atoms with E-state index in [1.54, 1.807) is 12.3 Å². The molecule has 0 radical (unpaired) electrons. The zero-order chi connectivity index (χ0) is 8.97. The first-order chi connectivity index (χ1) is 5.79. The summed E-state index contributed by atoms with van der Waals surface area (Å²) in [6.07, 6.45) is 3.60. The van der Waals surface area contributed by atoms with Crippen LogP contribution in [0.1, 0.15) is 18.7 Å². The summed E-state index contributed by atoms with van der Waals surface area (Å²) in [5.41, 5.74) is 0.824. The van der Waals surface area contributed by atoms with Crippen LogP contribution in [0.15, 0.2) is 22.5 Å². The smallest absolute Gasteiger partial charge is 0.135 e. The second-order valence-corrected chi connectivity index (χ2v) is 3.11. The summed E-state index contributed by atoms with van der Waals surface area (Å²) in [5.74, 6) is 0.304. The Kier molecular flexibility index (Phi) is 3.05. The fraction of sp³-hybridized carbons (Fsp3) is 0.222. The van der Waals surface area contributed by atoms with Crippen molar-refractivity contribution in [2.75, 3.05) is 0 Å². The lowest BCUT2D eigenvalue weighted by Gasteiger charge is -1.96. The number of thiophene rings is 1. The first-order valence-corrected chi connectivity index (χ1v) is 4.59. The summed E-state index contributed by atoms with van der Waals surface area (Å²) >= 11 is 1.49. The monoisotopic (exact) mass is 181 g/mol. The summed E-state index contributed by atoms with van der Waals surface area (Å²) in [4.78, 5) is 4.96. The molecule has 64 valence electrons. The van der Waals surface area contributed by atoms with Crippen molar-refractivity contribution in [1.29, 1.82) is 0 Å². The third kappa shape index (κ3) is 1.74. The molecule has 0 aromatic carbocycles. The van der Waals surface area contributed by atoms with Crippen LogP contribution in [0, 0.1) is 0 Å². The summed E-state index contributed by atoms with van der Waals surface area (Å²) in [6.45, 7) is 3.76. The molecule has 0 aliphatic rings. The zero-order valence-electron chi connectivity index (χ0n) is 7.11. The maximum Gasteiger partial charge on any atom is 0.135 e. The van der Waals surface area contributed by atoms with Crippen LogP contribution in [0.25, 0.3) is 5.70 Å². The van der Waals surface area contributed by atoms with Crippen LogP contribution in [0.3, 0.4) is 0 Å². The zero-order valence-corrected chi connectivity index (χ0v) is 7.93. The Morgan fingerprint density at radius 1 is 1.58 bits per heavy atom. The second kappa shape index (κ2) is 4.07. The van der Waals surface area contributed by atoms with E-state index in [1.807, 2.05) is 25.3 Å². The van der Waals surface area contributed by atoms with Crippen LogP contribution in [-0.2, 0) is 0 Å². The van der Waals surface area contributed by atoms with Gasteiger partial charge in [0.1, 0.15) is 5.75 Å². The van der Waals surface area contributed by atoms with E-state index in [0.29, 0.717) is 5.75 Å². The van der Waals surface area contributed by atoms with E-state index in [-0.39, 0.29) is 0 Å². The molecule has 1 heterocycles. The van der Waals surface area contributed by atoms with Crippen LogP contribution < -0.4 is 0 Å². The number of allylic oxidation sites excluding steroid dienone is 1. The van der Waals surface area contributed by atoms with Crippen LogP contribution in [0.5, 0.6) is 5.75 Å². The molecule has 1 N–H and O–H groups in total. The second-order valence-electron chi connectivity index (χ2n) is 2.20. The number of aromatic hydroxyl groups is 1. The highest BCUT2D eigenvalue weighted by molar-refractivity contribution is 7.11. The Morgan fingerprint density at radius 3 is 2.75 bits per heavy atom. The predicted molar refractivity (Wildman–Crippen MR) is 53.8 cm³/mol.